The third kappa shape index (κ3) is 5.14. The average molecular weight is 458 g/mol. The number of carboxylic acid groups (broad SMARTS) is 1. The highest BCUT2D eigenvalue weighted by atomic mass is 16.7. The molecule has 0 spiro atoms. The van der Waals surface area contributed by atoms with Crippen LogP contribution in [0, 0.1) is 6.92 Å². The maximum atomic E-state index is 12.5. The maximum absolute atomic E-state index is 12.5. The molecule has 0 unspecified atom stereocenters. The number of fused-ring (bicyclic) bond motifs is 3. The van der Waals surface area contributed by atoms with Gasteiger partial charge in [0.2, 0.25) is 5.65 Å². The first-order chi connectivity index (χ1) is 15.5. The topological polar surface area (TPSA) is 125 Å². The third-order valence-electron chi connectivity index (χ3n) is 5.43. The van der Waals surface area contributed by atoms with E-state index in [4.69, 9.17) is 4.84 Å². The van der Waals surface area contributed by atoms with Gasteiger partial charge in [-0.15, -0.1) is 10.2 Å². The number of aryl methyl sites for hydroxylation is 1. The lowest BCUT2D eigenvalue weighted by atomic mass is 10.1. The second-order valence-corrected chi connectivity index (χ2v) is 8.79. The number of aromatic nitrogens is 4. The van der Waals surface area contributed by atoms with E-state index in [1.165, 1.54) is 12.0 Å². The molecule has 33 heavy (non-hydrogen) atoms. The molecule has 0 radical (unpaired) electrons. The van der Waals surface area contributed by atoms with Crippen LogP contribution >= 0.6 is 0 Å². The zero-order chi connectivity index (χ0) is 24.3. The largest absolute Gasteiger partial charge is 0.465 e. The SMILES string of the molecule is CON(C)C(=O)c1ccc2nc(NCCCCN(C(=O)O)C(C)(C)C)c3nnc(C)n3c2c1. The molecule has 0 saturated heterocycles. The maximum Gasteiger partial charge on any atom is 0.407 e. The highest BCUT2D eigenvalue weighted by molar-refractivity contribution is 5.97. The van der Waals surface area contributed by atoms with E-state index in [2.05, 4.69) is 20.5 Å². The van der Waals surface area contributed by atoms with Gasteiger partial charge in [-0.25, -0.2) is 14.8 Å². The van der Waals surface area contributed by atoms with Crippen molar-refractivity contribution in [3.63, 3.8) is 0 Å². The summed E-state index contributed by atoms with van der Waals surface area (Å²) < 4.78 is 1.86. The number of nitrogens with zero attached hydrogens (tertiary/aromatic N) is 6. The summed E-state index contributed by atoms with van der Waals surface area (Å²) in [7, 11) is 2.98. The fraction of sp³-hybridized carbons (Fsp3) is 0.500. The minimum Gasteiger partial charge on any atom is -0.465 e. The van der Waals surface area contributed by atoms with E-state index in [0.717, 1.165) is 17.0 Å². The molecule has 0 aliphatic carbocycles. The summed E-state index contributed by atoms with van der Waals surface area (Å²) >= 11 is 0. The molecule has 178 valence electrons. The highest BCUT2D eigenvalue weighted by Crippen LogP contribution is 2.23. The number of carbonyl (C=O) groups excluding carboxylic acids is 1. The molecule has 0 aliphatic rings. The van der Waals surface area contributed by atoms with Gasteiger partial charge in [0.25, 0.3) is 5.91 Å². The zero-order valence-electron chi connectivity index (χ0n) is 19.9. The summed E-state index contributed by atoms with van der Waals surface area (Å²) in [6.07, 6.45) is 0.558. The second kappa shape index (κ2) is 9.57. The first kappa shape index (κ1) is 24.2. The number of hydrogen-bond acceptors (Lipinski definition) is 7. The third-order valence-corrected chi connectivity index (χ3v) is 5.43. The van der Waals surface area contributed by atoms with Crippen molar-refractivity contribution in [2.24, 2.45) is 0 Å². The molecule has 3 rings (SSSR count). The van der Waals surface area contributed by atoms with Crippen LogP contribution in [0.3, 0.4) is 0 Å². The number of nitrogens with one attached hydrogen (secondary N) is 1. The number of hydrogen-bond donors (Lipinski definition) is 2. The Morgan fingerprint density at radius 1 is 1.21 bits per heavy atom. The van der Waals surface area contributed by atoms with Gasteiger partial charge in [-0.05, 0) is 58.7 Å². The molecule has 1 aromatic carbocycles. The average Bonchev–Trinajstić information content (AvgIpc) is 3.15. The van der Waals surface area contributed by atoms with Gasteiger partial charge in [0.05, 0.1) is 18.1 Å². The second-order valence-electron chi connectivity index (χ2n) is 8.79. The molecule has 11 nitrogen and oxygen atoms in total. The summed E-state index contributed by atoms with van der Waals surface area (Å²) in [5, 5.41) is 22.3. The van der Waals surface area contributed by atoms with Crippen LogP contribution in [0.25, 0.3) is 16.7 Å². The number of amides is 2. The van der Waals surface area contributed by atoms with Crippen molar-refractivity contribution in [1.82, 2.24) is 29.5 Å². The molecule has 0 fully saturated rings. The van der Waals surface area contributed by atoms with Gasteiger partial charge in [-0.2, -0.15) is 0 Å². The number of carbonyl (C=O) groups is 2. The Kier molecular flexibility index (Phi) is 7.01. The van der Waals surface area contributed by atoms with E-state index in [-0.39, 0.29) is 5.91 Å². The predicted molar refractivity (Wildman–Crippen MR) is 124 cm³/mol. The number of unbranched alkanes of at least 4 members (excludes halogenated alkanes) is 1. The van der Waals surface area contributed by atoms with Gasteiger partial charge < -0.3 is 15.3 Å². The number of benzene rings is 1. The lowest BCUT2D eigenvalue weighted by Gasteiger charge is -2.33. The summed E-state index contributed by atoms with van der Waals surface area (Å²) in [6.45, 7) is 8.55. The molecule has 2 aromatic heterocycles. The molecular formula is C22H31N7O4. The van der Waals surface area contributed by atoms with Crippen LogP contribution in [0.2, 0.25) is 0 Å². The minimum atomic E-state index is -0.915. The molecular weight excluding hydrogens is 426 g/mol. The lowest BCUT2D eigenvalue weighted by Crippen LogP contribution is -2.45. The lowest BCUT2D eigenvalue weighted by molar-refractivity contribution is -0.0756. The molecule has 0 atom stereocenters. The molecule has 0 bridgehead atoms. The van der Waals surface area contributed by atoms with Gasteiger partial charge in [0.1, 0.15) is 5.82 Å². The van der Waals surface area contributed by atoms with Crippen molar-refractivity contribution < 1.29 is 19.5 Å². The van der Waals surface area contributed by atoms with Crippen molar-refractivity contribution in [3.8, 4) is 0 Å². The normalized spacial score (nSPS) is 11.7. The van der Waals surface area contributed by atoms with E-state index in [1.54, 1.807) is 25.2 Å². The van der Waals surface area contributed by atoms with Crippen LogP contribution in [0.1, 0.15) is 49.8 Å². The molecule has 3 aromatic rings. The van der Waals surface area contributed by atoms with Gasteiger partial charge in [-0.3, -0.25) is 14.0 Å². The smallest absolute Gasteiger partial charge is 0.407 e. The van der Waals surface area contributed by atoms with Crippen LogP contribution in [0.4, 0.5) is 10.6 Å². The van der Waals surface area contributed by atoms with Gasteiger partial charge in [0.15, 0.2) is 5.82 Å². The van der Waals surface area contributed by atoms with Gasteiger partial charge in [-0.1, -0.05) is 0 Å². The van der Waals surface area contributed by atoms with E-state index in [9.17, 15) is 14.7 Å². The fourth-order valence-corrected chi connectivity index (χ4v) is 3.61. The first-order valence-electron chi connectivity index (χ1n) is 10.8. The molecule has 11 heteroatoms. The minimum absolute atomic E-state index is 0.272. The monoisotopic (exact) mass is 457 g/mol. The standard InChI is InChI=1S/C22H31N7O4/c1-14-25-26-19-18(23-11-7-8-12-28(21(31)32)22(2,3)4)24-16-10-9-15(13-17(16)29(14)19)20(30)27(5)33-6/h9-10,13H,7-8,11-12H2,1-6H3,(H,23,24)(H,31,32). The summed E-state index contributed by atoms with van der Waals surface area (Å²) in [5.41, 5.74) is 1.99. The Morgan fingerprint density at radius 3 is 2.58 bits per heavy atom. The van der Waals surface area contributed by atoms with Crippen LogP contribution in [-0.4, -0.2) is 79.4 Å². The Hall–Kier alpha value is -3.47. The zero-order valence-corrected chi connectivity index (χ0v) is 19.9. The van der Waals surface area contributed by atoms with Crippen LogP contribution in [0.15, 0.2) is 18.2 Å². The molecule has 2 amide bonds. The molecule has 2 N–H and O–H groups in total. The summed E-state index contributed by atoms with van der Waals surface area (Å²) in [4.78, 5) is 35.1. The molecule has 0 aliphatic heterocycles. The first-order valence-corrected chi connectivity index (χ1v) is 10.8. The van der Waals surface area contributed by atoms with Gasteiger partial charge in [0, 0.05) is 31.2 Å². The Bertz CT molecular complexity index is 1170. The van der Waals surface area contributed by atoms with Crippen LogP contribution in [-0.2, 0) is 4.84 Å². The summed E-state index contributed by atoms with van der Waals surface area (Å²) in [5.74, 6) is 0.987. The van der Waals surface area contributed by atoms with Crippen molar-refractivity contribution in [2.45, 2.75) is 46.1 Å². The van der Waals surface area contributed by atoms with Crippen molar-refractivity contribution in [2.75, 3.05) is 32.6 Å². The van der Waals surface area contributed by atoms with Crippen molar-refractivity contribution in [1.29, 1.82) is 0 Å². The Balaban J connectivity index is 1.79. The van der Waals surface area contributed by atoms with Crippen LogP contribution in [0.5, 0.6) is 0 Å². The Labute approximate surface area is 192 Å². The van der Waals surface area contributed by atoms with E-state index >= 15 is 0 Å². The highest BCUT2D eigenvalue weighted by Gasteiger charge is 2.25. The van der Waals surface area contributed by atoms with Crippen molar-refractivity contribution in [3.05, 3.63) is 29.6 Å². The number of hydroxylamine groups is 2. The Morgan fingerprint density at radius 2 is 1.94 bits per heavy atom. The predicted octanol–water partition coefficient (Wildman–Crippen LogP) is 3.19. The fourth-order valence-electron chi connectivity index (χ4n) is 3.61. The van der Waals surface area contributed by atoms with Gasteiger partial charge >= 0.3 is 6.09 Å². The summed E-state index contributed by atoms with van der Waals surface area (Å²) in [6, 6.07) is 5.24. The van der Waals surface area contributed by atoms with E-state index in [1.807, 2.05) is 32.1 Å². The quantitative estimate of drug-likeness (QED) is 0.390. The van der Waals surface area contributed by atoms with E-state index in [0.29, 0.717) is 47.9 Å². The molecule has 0 saturated carbocycles. The van der Waals surface area contributed by atoms with Crippen molar-refractivity contribution >= 4 is 34.5 Å². The van der Waals surface area contributed by atoms with E-state index < -0.39 is 11.6 Å². The molecule has 2 heterocycles. The number of rotatable bonds is 8. The number of anilines is 1. The van der Waals surface area contributed by atoms with Crippen LogP contribution < -0.4 is 5.32 Å².